The van der Waals surface area contributed by atoms with Gasteiger partial charge in [0.15, 0.2) is 5.96 Å². The summed E-state index contributed by atoms with van der Waals surface area (Å²) in [5, 5.41) is 6.59. The van der Waals surface area contributed by atoms with Crippen molar-refractivity contribution in [3.05, 3.63) is 35.4 Å². The predicted molar refractivity (Wildman–Crippen MR) is 112 cm³/mol. The highest BCUT2D eigenvalue weighted by molar-refractivity contribution is 14.0. The molecule has 1 fully saturated rings. The lowest BCUT2D eigenvalue weighted by atomic mass is 10.1. The van der Waals surface area contributed by atoms with Crippen molar-refractivity contribution in [1.82, 2.24) is 15.5 Å². The van der Waals surface area contributed by atoms with E-state index in [0.717, 1.165) is 43.2 Å². The highest BCUT2D eigenvalue weighted by Crippen LogP contribution is 2.29. The smallest absolute Gasteiger partial charge is 0.380 e. The number of likely N-dealkylation sites (tertiary alicyclic amines) is 1. The Kier molecular flexibility index (Phi) is 10.4. The van der Waals surface area contributed by atoms with E-state index in [2.05, 4.69) is 20.5 Å². The molecule has 9 heteroatoms. The van der Waals surface area contributed by atoms with Gasteiger partial charge in [-0.25, -0.2) is 0 Å². The number of guanidine groups is 1. The number of ether oxygens (including phenoxy) is 1. The minimum absolute atomic E-state index is 0. The molecular formula is C18H28F3IN4O. The van der Waals surface area contributed by atoms with Crippen LogP contribution in [-0.4, -0.2) is 56.8 Å². The van der Waals surface area contributed by atoms with E-state index >= 15 is 0 Å². The van der Waals surface area contributed by atoms with E-state index in [9.17, 15) is 13.2 Å². The summed E-state index contributed by atoms with van der Waals surface area (Å²) in [7, 11) is 1.73. The highest BCUT2D eigenvalue weighted by Gasteiger charge is 2.30. The van der Waals surface area contributed by atoms with E-state index in [0.29, 0.717) is 26.3 Å². The number of rotatable bonds is 7. The Labute approximate surface area is 175 Å². The number of aliphatic imine (C=N–C) groups is 1. The summed E-state index contributed by atoms with van der Waals surface area (Å²) in [5.74, 6) is 0.742. The lowest BCUT2D eigenvalue weighted by Crippen LogP contribution is -2.45. The molecule has 1 atom stereocenters. The Morgan fingerprint density at radius 1 is 1.30 bits per heavy atom. The van der Waals surface area contributed by atoms with Crippen molar-refractivity contribution >= 4 is 29.9 Å². The Bertz CT molecular complexity index is 581. The minimum Gasteiger partial charge on any atom is -0.380 e. The van der Waals surface area contributed by atoms with Crippen LogP contribution in [0, 0.1) is 0 Å². The zero-order valence-corrected chi connectivity index (χ0v) is 18.0. The molecule has 1 aliphatic heterocycles. The van der Waals surface area contributed by atoms with Crippen molar-refractivity contribution < 1.29 is 17.9 Å². The average molecular weight is 500 g/mol. The van der Waals surface area contributed by atoms with E-state index in [4.69, 9.17) is 4.74 Å². The molecule has 1 heterocycles. The number of halogens is 4. The lowest BCUT2D eigenvalue weighted by Gasteiger charge is -2.19. The summed E-state index contributed by atoms with van der Waals surface area (Å²) in [6.45, 7) is 6.33. The molecule has 1 unspecified atom stereocenters. The summed E-state index contributed by atoms with van der Waals surface area (Å²) < 4.78 is 43.1. The molecule has 0 aliphatic carbocycles. The largest absolute Gasteiger partial charge is 0.416 e. The van der Waals surface area contributed by atoms with Crippen LogP contribution >= 0.6 is 24.0 Å². The van der Waals surface area contributed by atoms with Gasteiger partial charge in [0.2, 0.25) is 0 Å². The van der Waals surface area contributed by atoms with Crippen LogP contribution in [0.25, 0.3) is 0 Å². The van der Waals surface area contributed by atoms with E-state index in [1.807, 2.05) is 6.92 Å². The maximum Gasteiger partial charge on any atom is 0.416 e. The third kappa shape index (κ3) is 8.22. The van der Waals surface area contributed by atoms with Crippen LogP contribution in [0.1, 0.15) is 24.5 Å². The molecule has 0 spiro atoms. The molecule has 1 saturated heterocycles. The van der Waals surface area contributed by atoms with Gasteiger partial charge in [0.1, 0.15) is 0 Å². The number of alkyl halides is 3. The standard InChI is InChI=1S/C18H27F3N4O.HI/c1-3-26-11-9-23-17(22-2)24-16-8-10-25(13-16)12-14-4-6-15(7-5-14)18(19,20)21;/h4-7,16H,3,8-13H2,1-2H3,(H2,22,23,24);1H. The molecule has 0 bridgehead atoms. The van der Waals surface area contributed by atoms with Gasteiger partial charge >= 0.3 is 6.18 Å². The summed E-state index contributed by atoms with van der Waals surface area (Å²) in [5.41, 5.74) is 0.280. The zero-order valence-electron chi connectivity index (χ0n) is 15.7. The second kappa shape index (κ2) is 11.7. The SMILES string of the molecule is CCOCCNC(=NC)NC1CCN(Cc2ccc(C(F)(F)F)cc2)C1.I. The third-order valence-corrected chi connectivity index (χ3v) is 4.27. The van der Waals surface area contributed by atoms with Crippen LogP contribution in [0.15, 0.2) is 29.3 Å². The van der Waals surface area contributed by atoms with Crippen molar-refractivity contribution in [3.8, 4) is 0 Å². The average Bonchev–Trinajstić information content (AvgIpc) is 3.04. The van der Waals surface area contributed by atoms with E-state index in [1.165, 1.54) is 0 Å². The number of nitrogens with one attached hydrogen (secondary N) is 2. The number of hydrogen-bond donors (Lipinski definition) is 2. The van der Waals surface area contributed by atoms with Crippen LogP contribution in [-0.2, 0) is 17.5 Å². The molecule has 1 aromatic carbocycles. The van der Waals surface area contributed by atoms with Crippen molar-refractivity contribution in [2.24, 2.45) is 4.99 Å². The molecular weight excluding hydrogens is 472 g/mol. The van der Waals surface area contributed by atoms with Gasteiger partial charge in [-0.05, 0) is 31.0 Å². The van der Waals surface area contributed by atoms with Crippen molar-refractivity contribution in [3.63, 3.8) is 0 Å². The predicted octanol–water partition coefficient (Wildman–Crippen LogP) is 3.10. The molecule has 154 valence electrons. The van der Waals surface area contributed by atoms with Crippen LogP contribution < -0.4 is 10.6 Å². The summed E-state index contributed by atoms with van der Waals surface area (Å²) >= 11 is 0. The molecule has 0 aromatic heterocycles. The molecule has 1 aliphatic rings. The van der Waals surface area contributed by atoms with E-state index in [1.54, 1.807) is 19.2 Å². The van der Waals surface area contributed by atoms with E-state index < -0.39 is 11.7 Å². The maximum atomic E-state index is 12.6. The van der Waals surface area contributed by atoms with E-state index in [-0.39, 0.29) is 30.0 Å². The van der Waals surface area contributed by atoms with Crippen LogP contribution in [0.2, 0.25) is 0 Å². The van der Waals surface area contributed by atoms with Gasteiger partial charge in [-0.15, -0.1) is 24.0 Å². The second-order valence-corrected chi connectivity index (χ2v) is 6.26. The quantitative estimate of drug-likeness (QED) is 0.262. The number of hydrogen-bond acceptors (Lipinski definition) is 3. The first-order chi connectivity index (χ1) is 12.4. The van der Waals surface area contributed by atoms with Gasteiger partial charge < -0.3 is 15.4 Å². The van der Waals surface area contributed by atoms with Crippen molar-refractivity contribution in [1.29, 1.82) is 0 Å². The van der Waals surface area contributed by atoms with Crippen LogP contribution in [0.5, 0.6) is 0 Å². The molecule has 5 nitrogen and oxygen atoms in total. The van der Waals surface area contributed by atoms with Gasteiger partial charge in [0.25, 0.3) is 0 Å². The fourth-order valence-electron chi connectivity index (χ4n) is 2.93. The molecule has 0 radical (unpaired) electrons. The fraction of sp³-hybridized carbons (Fsp3) is 0.611. The Hall–Kier alpha value is -1.07. The van der Waals surface area contributed by atoms with Crippen LogP contribution in [0.4, 0.5) is 13.2 Å². The molecule has 0 amide bonds. The Balaban J connectivity index is 0.00000364. The topological polar surface area (TPSA) is 48.9 Å². The second-order valence-electron chi connectivity index (χ2n) is 6.26. The van der Waals surface area contributed by atoms with Crippen molar-refractivity contribution in [2.75, 3.05) is 39.9 Å². The Morgan fingerprint density at radius 2 is 2.00 bits per heavy atom. The molecule has 2 rings (SSSR count). The molecule has 1 aromatic rings. The first-order valence-corrected chi connectivity index (χ1v) is 8.85. The maximum absolute atomic E-state index is 12.6. The first kappa shape index (κ1) is 24.0. The fourth-order valence-corrected chi connectivity index (χ4v) is 2.93. The summed E-state index contributed by atoms with van der Waals surface area (Å²) in [4.78, 5) is 6.43. The van der Waals surface area contributed by atoms with Gasteiger partial charge in [0.05, 0.1) is 12.2 Å². The third-order valence-electron chi connectivity index (χ3n) is 4.27. The van der Waals surface area contributed by atoms with Gasteiger partial charge in [0, 0.05) is 45.9 Å². The lowest BCUT2D eigenvalue weighted by molar-refractivity contribution is -0.137. The van der Waals surface area contributed by atoms with Gasteiger partial charge in [-0.3, -0.25) is 9.89 Å². The van der Waals surface area contributed by atoms with Crippen LogP contribution in [0.3, 0.4) is 0 Å². The molecule has 2 N–H and O–H groups in total. The first-order valence-electron chi connectivity index (χ1n) is 8.85. The molecule has 0 saturated carbocycles. The summed E-state index contributed by atoms with van der Waals surface area (Å²) in [6, 6.07) is 5.66. The Morgan fingerprint density at radius 3 is 2.59 bits per heavy atom. The zero-order chi connectivity index (χ0) is 19.0. The summed E-state index contributed by atoms with van der Waals surface area (Å²) in [6.07, 6.45) is -3.32. The monoisotopic (exact) mass is 500 g/mol. The molecule has 27 heavy (non-hydrogen) atoms. The number of nitrogens with zero attached hydrogens (tertiary/aromatic N) is 2. The van der Waals surface area contributed by atoms with Gasteiger partial charge in [-0.2, -0.15) is 13.2 Å². The minimum atomic E-state index is -4.29. The normalized spacial score (nSPS) is 18.3. The van der Waals surface area contributed by atoms with Gasteiger partial charge in [-0.1, -0.05) is 12.1 Å². The number of benzene rings is 1. The highest BCUT2D eigenvalue weighted by atomic mass is 127. The van der Waals surface area contributed by atoms with Crippen molar-refractivity contribution in [2.45, 2.75) is 32.1 Å².